The van der Waals surface area contributed by atoms with E-state index in [0.717, 1.165) is 13.0 Å². The van der Waals surface area contributed by atoms with Gasteiger partial charge in [0, 0.05) is 19.1 Å². The van der Waals surface area contributed by atoms with Gasteiger partial charge in [0.15, 0.2) is 0 Å². The summed E-state index contributed by atoms with van der Waals surface area (Å²) in [6.45, 7) is 5.53. The van der Waals surface area contributed by atoms with Crippen LogP contribution in [0.1, 0.15) is 26.7 Å². The van der Waals surface area contributed by atoms with E-state index in [1.165, 1.54) is 6.42 Å². The summed E-state index contributed by atoms with van der Waals surface area (Å²) in [6, 6.07) is 0.110. The fraction of sp³-hybridized carbons (Fsp3) is 0.846. The second kappa shape index (κ2) is 7.33. The predicted octanol–water partition coefficient (Wildman–Crippen LogP) is 0.737. The summed E-state index contributed by atoms with van der Waals surface area (Å²) in [5.74, 6) is -1.41. The number of nitrogens with zero attached hydrogens (tertiary/aromatic N) is 1. The molecule has 1 rings (SSSR count). The van der Waals surface area contributed by atoms with E-state index in [9.17, 15) is 9.59 Å². The molecule has 0 aromatic heterocycles. The molecule has 6 heteroatoms. The first-order chi connectivity index (χ1) is 8.91. The second-order valence-corrected chi connectivity index (χ2v) is 5.56. The lowest BCUT2D eigenvalue weighted by atomic mass is 9.96. The number of urea groups is 1. The quantitative estimate of drug-likeness (QED) is 0.665. The van der Waals surface area contributed by atoms with Crippen LogP contribution in [0.5, 0.6) is 0 Å². The molecule has 1 saturated heterocycles. The molecular weight excluding hydrogens is 246 g/mol. The molecule has 6 nitrogen and oxygen atoms in total. The number of carbonyl (C=O) groups is 2. The first kappa shape index (κ1) is 15.8. The van der Waals surface area contributed by atoms with E-state index < -0.39 is 11.9 Å². The Labute approximate surface area is 114 Å². The topological polar surface area (TPSA) is 81.7 Å². The predicted molar refractivity (Wildman–Crippen MR) is 73.0 cm³/mol. The van der Waals surface area contributed by atoms with Crippen LogP contribution < -0.4 is 10.6 Å². The maximum absolute atomic E-state index is 11.6. The van der Waals surface area contributed by atoms with Crippen molar-refractivity contribution in [2.24, 2.45) is 11.8 Å². The summed E-state index contributed by atoms with van der Waals surface area (Å²) in [4.78, 5) is 24.8. The van der Waals surface area contributed by atoms with Gasteiger partial charge in [-0.2, -0.15) is 0 Å². The molecule has 2 atom stereocenters. The molecule has 0 aliphatic carbocycles. The Morgan fingerprint density at radius 1 is 1.37 bits per heavy atom. The monoisotopic (exact) mass is 271 g/mol. The van der Waals surface area contributed by atoms with E-state index in [4.69, 9.17) is 5.11 Å². The summed E-state index contributed by atoms with van der Waals surface area (Å²) in [5.41, 5.74) is 0. The van der Waals surface area contributed by atoms with E-state index in [1.807, 2.05) is 13.8 Å². The lowest BCUT2D eigenvalue weighted by Crippen LogP contribution is -2.45. The fourth-order valence-corrected chi connectivity index (χ4v) is 2.32. The molecule has 2 amide bonds. The average molecular weight is 271 g/mol. The minimum absolute atomic E-state index is 0.00114. The molecular formula is C13H25N3O3. The zero-order valence-corrected chi connectivity index (χ0v) is 12.0. The summed E-state index contributed by atoms with van der Waals surface area (Å²) in [7, 11) is 2.05. The van der Waals surface area contributed by atoms with E-state index in [0.29, 0.717) is 12.6 Å². The van der Waals surface area contributed by atoms with Gasteiger partial charge in [-0.05, 0) is 32.4 Å². The van der Waals surface area contributed by atoms with Crippen LogP contribution in [-0.4, -0.2) is 54.7 Å². The Morgan fingerprint density at radius 3 is 2.53 bits per heavy atom. The summed E-state index contributed by atoms with van der Waals surface area (Å²) < 4.78 is 0. The average Bonchev–Trinajstić information content (AvgIpc) is 2.71. The van der Waals surface area contributed by atoms with Crippen molar-refractivity contribution in [3.63, 3.8) is 0 Å². The van der Waals surface area contributed by atoms with Crippen LogP contribution in [0.2, 0.25) is 0 Å². The molecule has 0 aromatic rings. The molecule has 0 saturated carbocycles. The van der Waals surface area contributed by atoms with Crippen molar-refractivity contribution in [2.75, 3.05) is 26.7 Å². The standard InChI is InChI=1S/C13H25N3O3/c1-9(2)11(12(17)18)8-15-13(19)14-7-10-5-4-6-16(10)3/h9-11H,4-8H2,1-3H3,(H,17,18)(H2,14,15,19). The Hall–Kier alpha value is -1.30. The zero-order valence-electron chi connectivity index (χ0n) is 12.0. The largest absolute Gasteiger partial charge is 0.481 e. The molecule has 1 aliphatic heterocycles. The number of hydrogen-bond acceptors (Lipinski definition) is 3. The lowest BCUT2D eigenvalue weighted by molar-refractivity contribution is -0.142. The fourth-order valence-electron chi connectivity index (χ4n) is 2.32. The van der Waals surface area contributed by atoms with Gasteiger partial charge in [-0.25, -0.2) is 4.79 Å². The normalized spacial score (nSPS) is 21.4. The molecule has 0 bridgehead atoms. The molecule has 0 aromatic carbocycles. The lowest BCUT2D eigenvalue weighted by Gasteiger charge is -2.21. The van der Waals surface area contributed by atoms with Crippen LogP contribution in [0.4, 0.5) is 4.79 Å². The molecule has 110 valence electrons. The van der Waals surface area contributed by atoms with Crippen LogP contribution in [-0.2, 0) is 4.79 Å². The smallest absolute Gasteiger partial charge is 0.314 e. The van der Waals surface area contributed by atoms with Gasteiger partial charge in [-0.1, -0.05) is 13.8 Å². The van der Waals surface area contributed by atoms with Gasteiger partial charge in [0.1, 0.15) is 0 Å². The highest BCUT2D eigenvalue weighted by Crippen LogP contribution is 2.13. The van der Waals surface area contributed by atoms with E-state index in [-0.39, 0.29) is 18.5 Å². The minimum atomic E-state index is -0.870. The Balaban J connectivity index is 2.25. The number of rotatable bonds is 6. The number of carbonyl (C=O) groups excluding carboxylic acids is 1. The third-order valence-electron chi connectivity index (χ3n) is 3.77. The third-order valence-corrected chi connectivity index (χ3v) is 3.77. The highest BCUT2D eigenvalue weighted by Gasteiger charge is 2.23. The molecule has 19 heavy (non-hydrogen) atoms. The van der Waals surface area contributed by atoms with Crippen LogP contribution in [0.25, 0.3) is 0 Å². The van der Waals surface area contributed by atoms with Gasteiger partial charge in [-0.3, -0.25) is 4.79 Å². The SMILES string of the molecule is CC(C)C(CNC(=O)NCC1CCCN1C)C(=O)O. The van der Waals surface area contributed by atoms with Gasteiger partial charge in [0.05, 0.1) is 5.92 Å². The van der Waals surface area contributed by atoms with Crippen LogP contribution in [0.15, 0.2) is 0 Å². The van der Waals surface area contributed by atoms with E-state index in [2.05, 4.69) is 22.6 Å². The number of hydrogen-bond donors (Lipinski definition) is 3. The van der Waals surface area contributed by atoms with Gasteiger partial charge in [0.25, 0.3) is 0 Å². The molecule has 3 N–H and O–H groups in total. The third kappa shape index (κ3) is 5.06. The van der Waals surface area contributed by atoms with Crippen LogP contribution in [0.3, 0.4) is 0 Å². The molecule has 2 unspecified atom stereocenters. The van der Waals surface area contributed by atoms with Crippen molar-refractivity contribution in [2.45, 2.75) is 32.7 Å². The van der Waals surface area contributed by atoms with Crippen molar-refractivity contribution in [1.29, 1.82) is 0 Å². The summed E-state index contributed by atoms with van der Waals surface area (Å²) >= 11 is 0. The number of aliphatic carboxylic acids is 1. The Kier molecular flexibility index (Phi) is 6.08. The molecule has 0 spiro atoms. The van der Waals surface area contributed by atoms with E-state index >= 15 is 0 Å². The summed E-state index contributed by atoms with van der Waals surface area (Å²) in [5, 5.41) is 14.5. The molecule has 1 fully saturated rings. The zero-order chi connectivity index (χ0) is 14.4. The maximum atomic E-state index is 11.6. The first-order valence-corrected chi connectivity index (χ1v) is 6.86. The highest BCUT2D eigenvalue weighted by atomic mass is 16.4. The van der Waals surface area contributed by atoms with Crippen molar-refractivity contribution in [1.82, 2.24) is 15.5 Å². The van der Waals surface area contributed by atoms with Crippen LogP contribution >= 0.6 is 0 Å². The number of likely N-dealkylation sites (N-methyl/N-ethyl adjacent to an activating group) is 1. The Bertz CT molecular complexity index is 320. The number of likely N-dealkylation sites (tertiary alicyclic amines) is 1. The first-order valence-electron chi connectivity index (χ1n) is 6.86. The number of nitrogens with one attached hydrogen (secondary N) is 2. The minimum Gasteiger partial charge on any atom is -0.481 e. The van der Waals surface area contributed by atoms with Crippen molar-refractivity contribution in [3.05, 3.63) is 0 Å². The van der Waals surface area contributed by atoms with Gasteiger partial charge >= 0.3 is 12.0 Å². The van der Waals surface area contributed by atoms with Gasteiger partial charge < -0.3 is 20.6 Å². The van der Waals surface area contributed by atoms with E-state index in [1.54, 1.807) is 0 Å². The van der Waals surface area contributed by atoms with Crippen molar-refractivity contribution >= 4 is 12.0 Å². The molecule has 1 heterocycles. The van der Waals surface area contributed by atoms with Gasteiger partial charge in [-0.15, -0.1) is 0 Å². The van der Waals surface area contributed by atoms with Crippen molar-refractivity contribution < 1.29 is 14.7 Å². The second-order valence-electron chi connectivity index (χ2n) is 5.56. The van der Waals surface area contributed by atoms with Crippen LogP contribution in [0, 0.1) is 11.8 Å². The van der Waals surface area contributed by atoms with Gasteiger partial charge in [0.2, 0.25) is 0 Å². The highest BCUT2D eigenvalue weighted by molar-refractivity contribution is 5.75. The molecule has 0 radical (unpaired) electrons. The maximum Gasteiger partial charge on any atom is 0.314 e. The summed E-state index contributed by atoms with van der Waals surface area (Å²) in [6.07, 6.45) is 2.26. The molecule has 1 aliphatic rings. The Morgan fingerprint density at radius 2 is 2.05 bits per heavy atom. The van der Waals surface area contributed by atoms with Crippen molar-refractivity contribution in [3.8, 4) is 0 Å². The number of carboxylic acid groups (broad SMARTS) is 1. The number of carboxylic acids is 1. The number of amides is 2.